The molecule has 0 N–H and O–H groups in total. The molecule has 5 heteroatoms. The van der Waals surface area contributed by atoms with E-state index in [4.69, 9.17) is 11.6 Å². The maximum atomic E-state index is 11.2. The zero-order valence-electron chi connectivity index (χ0n) is 9.98. The van der Waals surface area contributed by atoms with Gasteiger partial charge in [-0.15, -0.1) is 0 Å². The molecule has 92 valence electrons. The number of hydrogen-bond donors (Lipinski definition) is 0. The second kappa shape index (κ2) is 4.74. The van der Waals surface area contributed by atoms with Crippen LogP contribution in [0.3, 0.4) is 0 Å². The molecule has 0 radical (unpaired) electrons. The van der Waals surface area contributed by atoms with Gasteiger partial charge in [-0.05, 0) is 19.4 Å². The highest BCUT2D eigenvalue weighted by Gasteiger charge is 2.24. The van der Waals surface area contributed by atoms with Gasteiger partial charge in [0.15, 0.2) is 0 Å². The Bertz CT molecular complexity index is 612. The van der Waals surface area contributed by atoms with E-state index in [-0.39, 0.29) is 5.69 Å². The summed E-state index contributed by atoms with van der Waals surface area (Å²) in [6.45, 7) is 3.36. The van der Waals surface area contributed by atoms with E-state index in [0.717, 1.165) is 5.56 Å². The molecule has 2 aromatic rings. The van der Waals surface area contributed by atoms with Gasteiger partial charge in [-0.25, -0.2) is 4.98 Å². The SMILES string of the molecule is Cc1nc(C)c([N+](=O)[O-])c(-c2ccccc2)c1Cl. The zero-order valence-corrected chi connectivity index (χ0v) is 10.7. The Balaban J connectivity index is 2.83. The smallest absolute Gasteiger partial charge is 0.258 e. The highest BCUT2D eigenvalue weighted by molar-refractivity contribution is 6.34. The molecular weight excluding hydrogens is 252 g/mol. The molecule has 0 spiro atoms. The lowest BCUT2D eigenvalue weighted by atomic mass is 10.0. The van der Waals surface area contributed by atoms with Crippen molar-refractivity contribution in [2.24, 2.45) is 0 Å². The number of aromatic nitrogens is 1. The third-order valence-corrected chi connectivity index (χ3v) is 3.16. The topological polar surface area (TPSA) is 56.0 Å². The normalized spacial score (nSPS) is 10.4. The number of aryl methyl sites for hydroxylation is 2. The van der Waals surface area contributed by atoms with Crippen LogP contribution in [0.25, 0.3) is 11.1 Å². The van der Waals surface area contributed by atoms with E-state index in [2.05, 4.69) is 4.98 Å². The average Bonchev–Trinajstić information content (AvgIpc) is 2.34. The summed E-state index contributed by atoms with van der Waals surface area (Å²) < 4.78 is 0. The van der Waals surface area contributed by atoms with Crippen LogP contribution < -0.4 is 0 Å². The van der Waals surface area contributed by atoms with E-state index < -0.39 is 4.92 Å². The zero-order chi connectivity index (χ0) is 13.3. The van der Waals surface area contributed by atoms with Crippen molar-refractivity contribution in [3.8, 4) is 11.1 Å². The molecule has 0 aliphatic carbocycles. The Hall–Kier alpha value is -1.94. The van der Waals surface area contributed by atoms with Crippen LogP contribution in [-0.4, -0.2) is 9.91 Å². The van der Waals surface area contributed by atoms with E-state index >= 15 is 0 Å². The lowest BCUT2D eigenvalue weighted by Gasteiger charge is -2.09. The Morgan fingerprint density at radius 1 is 1.17 bits per heavy atom. The molecule has 0 bridgehead atoms. The van der Waals surface area contributed by atoms with Gasteiger partial charge in [0.05, 0.1) is 21.2 Å². The minimum absolute atomic E-state index is 0.0307. The number of halogens is 1. The Kier molecular flexibility index (Phi) is 3.30. The highest BCUT2D eigenvalue weighted by Crippen LogP contribution is 2.38. The van der Waals surface area contributed by atoms with Gasteiger partial charge in [0.2, 0.25) is 0 Å². The van der Waals surface area contributed by atoms with Crippen molar-refractivity contribution in [1.82, 2.24) is 4.98 Å². The van der Waals surface area contributed by atoms with Crippen LogP contribution in [0.1, 0.15) is 11.4 Å². The minimum atomic E-state index is -0.435. The maximum Gasteiger partial charge on any atom is 0.299 e. The van der Waals surface area contributed by atoms with Gasteiger partial charge in [-0.1, -0.05) is 41.9 Å². The summed E-state index contributed by atoms with van der Waals surface area (Å²) in [5, 5.41) is 11.5. The number of benzene rings is 1. The summed E-state index contributed by atoms with van der Waals surface area (Å²) >= 11 is 6.18. The van der Waals surface area contributed by atoms with Gasteiger partial charge in [0.1, 0.15) is 5.69 Å². The highest BCUT2D eigenvalue weighted by atomic mass is 35.5. The number of hydrogen-bond acceptors (Lipinski definition) is 3. The molecule has 2 rings (SSSR count). The first-order valence-electron chi connectivity index (χ1n) is 5.39. The molecule has 18 heavy (non-hydrogen) atoms. The maximum absolute atomic E-state index is 11.2. The number of pyridine rings is 1. The van der Waals surface area contributed by atoms with Gasteiger partial charge in [0.25, 0.3) is 5.69 Å². The lowest BCUT2D eigenvalue weighted by molar-refractivity contribution is -0.385. The standard InChI is InChI=1S/C13H11ClN2O2/c1-8-12(14)11(10-6-4-3-5-7-10)13(16(17)18)9(2)15-8/h3-7H,1-2H3. The predicted octanol–water partition coefficient (Wildman–Crippen LogP) is 3.93. The van der Waals surface area contributed by atoms with Crippen molar-refractivity contribution < 1.29 is 4.92 Å². The van der Waals surface area contributed by atoms with Crippen LogP contribution in [0.5, 0.6) is 0 Å². The molecule has 0 amide bonds. The number of nitrogens with zero attached hydrogens (tertiary/aromatic N) is 2. The first kappa shape index (κ1) is 12.5. The van der Waals surface area contributed by atoms with Crippen molar-refractivity contribution in [1.29, 1.82) is 0 Å². The van der Waals surface area contributed by atoms with Gasteiger partial charge in [-0.2, -0.15) is 0 Å². The van der Waals surface area contributed by atoms with E-state index in [1.807, 2.05) is 18.2 Å². The fraction of sp³-hybridized carbons (Fsp3) is 0.154. The molecular formula is C13H11ClN2O2. The summed E-state index contributed by atoms with van der Waals surface area (Å²) in [5.41, 5.74) is 2.10. The summed E-state index contributed by atoms with van der Waals surface area (Å²) in [6, 6.07) is 9.09. The van der Waals surface area contributed by atoms with E-state index in [9.17, 15) is 10.1 Å². The summed E-state index contributed by atoms with van der Waals surface area (Å²) in [6.07, 6.45) is 0. The number of rotatable bonds is 2. The van der Waals surface area contributed by atoms with Crippen molar-refractivity contribution in [3.05, 3.63) is 56.9 Å². The van der Waals surface area contributed by atoms with Gasteiger partial charge < -0.3 is 0 Å². The van der Waals surface area contributed by atoms with Crippen molar-refractivity contribution in [2.75, 3.05) is 0 Å². The molecule has 0 saturated heterocycles. The first-order valence-corrected chi connectivity index (χ1v) is 5.76. The van der Waals surface area contributed by atoms with Crippen molar-refractivity contribution >= 4 is 17.3 Å². The van der Waals surface area contributed by atoms with Crippen LogP contribution in [0.4, 0.5) is 5.69 Å². The Morgan fingerprint density at radius 2 is 1.78 bits per heavy atom. The quantitative estimate of drug-likeness (QED) is 0.609. The fourth-order valence-electron chi connectivity index (χ4n) is 1.91. The van der Waals surface area contributed by atoms with Gasteiger partial charge >= 0.3 is 0 Å². The van der Waals surface area contributed by atoms with E-state index in [1.54, 1.807) is 26.0 Å². The van der Waals surface area contributed by atoms with Crippen LogP contribution in [-0.2, 0) is 0 Å². The summed E-state index contributed by atoms with van der Waals surface area (Å²) in [5.74, 6) is 0. The molecule has 1 aromatic carbocycles. The molecule has 1 aromatic heterocycles. The van der Waals surface area contributed by atoms with Gasteiger partial charge in [-0.3, -0.25) is 10.1 Å². The molecule has 0 saturated carbocycles. The van der Waals surface area contributed by atoms with Crippen molar-refractivity contribution in [3.63, 3.8) is 0 Å². The largest absolute Gasteiger partial charge is 0.299 e. The summed E-state index contributed by atoms with van der Waals surface area (Å²) in [4.78, 5) is 14.9. The molecule has 0 atom stereocenters. The monoisotopic (exact) mass is 262 g/mol. The fourth-order valence-corrected chi connectivity index (χ4v) is 2.15. The van der Waals surface area contributed by atoms with Gasteiger partial charge in [0, 0.05) is 0 Å². The molecule has 0 fully saturated rings. The van der Waals surface area contributed by atoms with Crippen molar-refractivity contribution in [2.45, 2.75) is 13.8 Å². The lowest BCUT2D eigenvalue weighted by Crippen LogP contribution is -2.01. The molecule has 0 aliphatic rings. The van der Waals surface area contributed by atoms with Crippen LogP contribution >= 0.6 is 11.6 Å². The molecule has 4 nitrogen and oxygen atoms in total. The Morgan fingerprint density at radius 3 is 2.33 bits per heavy atom. The molecule has 0 unspecified atom stereocenters. The Labute approximate surface area is 109 Å². The van der Waals surface area contributed by atoms with Crippen LogP contribution in [0.15, 0.2) is 30.3 Å². The summed E-state index contributed by atoms with van der Waals surface area (Å²) in [7, 11) is 0. The number of nitro groups is 1. The second-order valence-corrected chi connectivity index (χ2v) is 4.32. The third-order valence-electron chi connectivity index (χ3n) is 2.70. The molecule has 1 heterocycles. The average molecular weight is 263 g/mol. The first-order chi connectivity index (χ1) is 8.52. The predicted molar refractivity (Wildman–Crippen MR) is 70.8 cm³/mol. The second-order valence-electron chi connectivity index (χ2n) is 3.94. The van der Waals surface area contributed by atoms with Crippen LogP contribution in [0.2, 0.25) is 5.02 Å². The molecule has 0 aliphatic heterocycles. The van der Waals surface area contributed by atoms with E-state index in [1.165, 1.54) is 0 Å². The third kappa shape index (κ3) is 2.07. The van der Waals surface area contributed by atoms with E-state index in [0.29, 0.717) is 22.0 Å². The van der Waals surface area contributed by atoms with Crippen LogP contribution in [0, 0.1) is 24.0 Å². The minimum Gasteiger partial charge on any atom is -0.258 e.